The van der Waals surface area contributed by atoms with Crippen molar-refractivity contribution in [1.29, 1.82) is 0 Å². The maximum atomic E-state index is 12.6. The Morgan fingerprint density at radius 1 is 1.25 bits per heavy atom. The molecule has 2 heterocycles. The molecule has 1 unspecified atom stereocenters. The highest BCUT2D eigenvalue weighted by atomic mass is 79.9. The summed E-state index contributed by atoms with van der Waals surface area (Å²) in [5.74, 6) is -1.46. The predicted molar refractivity (Wildman–Crippen MR) is 104 cm³/mol. The Kier molecular flexibility index (Phi) is 6.25. The van der Waals surface area contributed by atoms with Crippen molar-refractivity contribution >= 4 is 33.7 Å². The van der Waals surface area contributed by atoms with Gasteiger partial charge in [0.2, 0.25) is 5.91 Å². The molecule has 2 aromatic rings. The van der Waals surface area contributed by atoms with Crippen LogP contribution in [-0.2, 0) is 16.1 Å². The molecule has 1 aromatic heterocycles. The Morgan fingerprint density at radius 2 is 2.00 bits per heavy atom. The van der Waals surface area contributed by atoms with E-state index in [1.807, 2.05) is 24.3 Å². The van der Waals surface area contributed by atoms with Gasteiger partial charge in [-0.05, 0) is 52.2 Å². The Bertz CT molecular complexity index is 888. The fourth-order valence-corrected chi connectivity index (χ4v) is 3.34. The first-order chi connectivity index (χ1) is 13.5. The summed E-state index contributed by atoms with van der Waals surface area (Å²) in [5, 5.41) is 0. The van der Waals surface area contributed by atoms with Crippen molar-refractivity contribution in [3.63, 3.8) is 0 Å². The second-order valence-electron chi connectivity index (χ2n) is 6.23. The number of carbonyl (C=O) groups is 3. The van der Waals surface area contributed by atoms with Crippen LogP contribution in [0.2, 0.25) is 0 Å². The third kappa shape index (κ3) is 4.48. The number of hydrogen-bond acceptors (Lipinski definition) is 5. The molecule has 1 atom stereocenters. The van der Waals surface area contributed by atoms with Gasteiger partial charge in [-0.25, -0.2) is 4.98 Å². The lowest BCUT2D eigenvalue weighted by Gasteiger charge is -2.17. The number of pyridine rings is 1. The average molecular weight is 447 g/mol. The molecule has 3 rings (SSSR count). The number of amides is 3. The van der Waals surface area contributed by atoms with Gasteiger partial charge in [0, 0.05) is 23.8 Å². The molecule has 0 aliphatic carbocycles. The number of halogens is 1. The van der Waals surface area contributed by atoms with E-state index < -0.39 is 17.7 Å². The van der Waals surface area contributed by atoms with Gasteiger partial charge < -0.3 is 9.64 Å². The van der Waals surface area contributed by atoms with Crippen LogP contribution in [0.5, 0.6) is 5.75 Å². The molecule has 28 heavy (non-hydrogen) atoms. The van der Waals surface area contributed by atoms with Gasteiger partial charge in [0.05, 0.1) is 7.11 Å². The Balaban J connectivity index is 1.54. The minimum Gasteiger partial charge on any atom is -0.497 e. The van der Waals surface area contributed by atoms with Crippen LogP contribution in [0, 0.1) is 5.92 Å². The molecule has 1 fully saturated rings. The number of benzene rings is 1. The van der Waals surface area contributed by atoms with E-state index in [2.05, 4.69) is 31.8 Å². The fourth-order valence-electron chi connectivity index (χ4n) is 2.91. The third-order valence-corrected chi connectivity index (χ3v) is 5.06. The van der Waals surface area contributed by atoms with Crippen molar-refractivity contribution in [3.8, 4) is 5.75 Å². The highest BCUT2D eigenvalue weighted by Crippen LogP contribution is 2.21. The monoisotopic (exact) mass is 446 g/mol. The summed E-state index contributed by atoms with van der Waals surface area (Å²) in [7, 11) is 1.59. The topological polar surface area (TPSA) is 101 Å². The summed E-state index contributed by atoms with van der Waals surface area (Å²) >= 11 is 3.22. The lowest BCUT2D eigenvalue weighted by atomic mass is 10.1. The highest BCUT2D eigenvalue weighted by molar-refractivity contribution is 9.10. The fraction of sp³-hybridized carbons (Fsp3) is 0.263. The number of hydrogen-bond donors (Lipinski definition) is 2. The van der Waals surface area contributed by atoms with Crippen LogP contribution in [0.15, 0.2) is 47.1 Å². The summed E-state index contributed by atoms with van der Waals surface area (Å²) in [4.78, 5) is 42.6. The van der Waals surface area contributed by atoms with Crippen LogP contribution in [0.1, 0.15) is 22.5 Å². The first kappa shape index (κ1) is 19.8. The van der Waals surface area contributed by atoms with Crippen molar-refractivity contribution in [2.24, 2.45) is 5.92 Å². The van der Waals surface area contributed by atoms with Crippen molar-refractivity contribution in [2.45, 2.75) is 13.0 Å². The molecule has 2 N–H and O–H groups in total. The van der Waals surface area contributed by atoms with Gasteiger partial charge in [-0.1, -0.05) is 12.1 Å². The number of ether oxygens (including phenoxy) is 1. The molecular weight excluding hydrogens is 428 g/mol. The zero-order valence-corrected chi connectivity index (χ0v) is 16.7. The van der Waals surface area contributed by atoms with Crippen LogP contribution in [-0.4, -0.2) is 41.3 Å². The summed E-state index contributed by atoms with van der Waals surface area (Å²) in [5.41, 5.74) is 5.70. The van der Waals surface area contributed by atoms with E-state index in [0.29, 0.717) is 24.0 Å². The molecule has 1 aliphatic heterocycles. The zero-order chi connectivity index (χ0) is 20.1. The summed E-state index contributed by atoms with van der Waals surface area (Å²) in [6.07, 6.45) is 1.86. The van der Waals surface area contributed by atoms with Crippen molar-refractivity contribution in [1.82, 2.24) is 20.7 Å². The Hall–Kier alpha value is -2.94. The second kappa shape index (κ2) is 8.83. The van der Waals surface area contributed by atoms with Crippen LogP contribution in [0.25, 0.3) is 0 Å². The summed E-state index contributed by atoms with van der Waals surface area (Å²) in [6.45, 7) is 0.891. The highest BCUT2D eigenvalue weighted by Gasteiger charge is 2.37. The van der Waals surface area contributed by atoms with Gasteiger partial charge in [0.1, 0.15) is 17.4 Å². The smallest absolute Gasteiger partial charge is 0.289 e. The lowest BCUT2D eigenvalue weighted by molar-refractivity contribution is -0.138. The van der Waals surface area contributed by atoms with E-state index >= 15 is 0 Å². The van der Waals surface area contributed by atoms with E-state index in [1.165, 1.54) is 6.20 Å². The molecule has 1 aliphatic rings. The number of aromatic nitrogens is 1. The number of methoxy groups -OCH3 is 1. The first-order valence-corrected chi connectivity index (χ1v) is 9.41. The van der Waals surface area contributed by atoms with E-state index in [-0.39, 0.29) is 11.6 Å². The molecule has 1 saturated heterocycles. The molecule has 0 saturated carbocycles. The largest absolute Gasteiger partial charge is 0.497 e. The molecule has 3 amide bonds. The number of hydrazine groups is 1. The third-order valence-electron chi connectivity index (χ3n) is 4.42. The SMILES string of the molecule is COc1ccc(CN2CCC(C(=O)NNC(=O)c3ncccc3Br)C2=O)cc1. The molecule has 1 aromatic carbocycles. The van der Waals surface area contributed by atoms with Crippen LogP contribution >= 0.6 is 15.9 Å². The van der Waals surface area contributed by atoms with Gasteiger partial charge in [-0.3, -0.25) is 25.2 Å². The van der Waals surface area contributed by atoms with Crippen LogP contribution in [0.4, 0.5) is 0 Å². The molecule has 8 nitrogen and oxygen atoms in total. The number of nitrogens with one attached hydrogen (secondary N) is 2. The van der Waals surface area contributed by atoms with Gasteiger partial charge >= 0.3 is 0 Å². The predicted octanol–water partition coefficient (Wildman–Crippen LogP) is 1.66. The van der Waals surface area contributed by atoms with Crippen molar-refractivity contribution in [2.75, 3.05) is 13.7 Å². The summed E-state index contributed by atoms with van der Waals surface area (Å²) < 4.78 is 5.62. The standard InChI is InChI=1S/C19H19BrN4O4/c1-28-13-6-4-12(5-7-13)11-24-10-8-14(19(24)27)17(25)22-23-18(26)16-15(20)3-2-9-21-16/h2-7,9,14H,8,10-11H2,1H3,(H,22,25)(H,23,26). The summed E-state index contributed by atoms with van der Waals surface area (Å²) in [6, 6.07) is 10.8. The maximum Gasteiger partial charge on any atom is 0.289 e. The Morgan fingerprint density at radius 3 is 2.68 bits per heavy atom. The van der Waals surface area contributed by atoms with Gasteiger partial charge in [0.15, 0.2) is 0 Å². The Labute approximate surface area is 170 Å². The molecule has 0 bridgehead atoms. The van der Waals surface area contributed by atoms with E-state index in [9.17, 15) is 14.4 Å². The molecule has 9 heteroatoms. The second-order valence-corrected chi connectivity index (χ2v) is 7.08. The molecule has 0 radical (unpaired) electrons. The van der Waals surface area contributed by atoms with Gasteiger partial charge in [-0.2, -0.15) is 0 Å². The number of nitrogens with zero attached hydrogens (tertiary/aromatic N) is 2. The normalized spacial score (nSPS) is 16.0. The van der Waals surface area contributed by atoms with Crippen molar-refractivity contribution in [3.05, 3.63) is 58.3 Å². The van der Waals surface area contributed by atoms with Crippen LogP contribution in [0.3, 0.4) is 0 Å². The van der Waals surface area contributed by atoms with E-state index in [1.54, 1.807) is 24.1 Å². The number of rotatable bonds is 5. The maximum absolute atomic E-state index is 12.6. The zero-order valence-electron chi connectivity index (χ0n) is 15.1. The minimum absolute atomic E-state index is 0.140. The van der Waals surface area contributed by atoms with E-state index in [0.717, 1.165) is 11.3 Å². The number of likely N-dealkylation sites (tertiary alicyclic amines) is 1. The average Bonchev–Trinajstić information content (AvgIpc) is 3.07. The van der Waals surface area contributed by atoms with Crippen molar-refractivity contribution < 1.29 is 19.1 Å². The lowest BCUT2D eigenvalue weighted by Crippen LogP contribution is -2.46. The minimum atomic E-state index is -0.828. The molecule has 146 valence electrons. The van der Waals surface area contributed by atoms with Crippen LogP contribution < -0.4 is 15.6 Å². The quantitative estimate of drug-likeness (QED) is 0.537. The first-order valence-electron chi connectivity index (χ1n) is 8.62. The van der Waals surface area contributed by atoms with Gasteiger partial charge in [-0.15, -0.1) is 0 Å². The number of carbonyl (C=O) groups excluding carboxylic acids is 3. The van der Waals surface area contributed by atoms with E-state index in [4.69, 9.17) is 4.74 Å². The molecule has 0 spiro atoms. The molecular formula is C19H19BrN4O4. The van der Waals surface area contributed by atoms with Gasteiger partial charge in [0.25, 0.3) is 11.8 Å².